The Hall–Kier alpha value is -2.34. The number of aryl methyl sites for hydroxylation is 1. The minimum Gasteiger partial charge on any atom is -0.492 e. The largest absolute Gasteiger partial charge is 0.492 e. The molecule has 2 aromatic rings. The predicted octanol–water partition coefficient (Wildman–Crippen LogP) is 3.60. The highest BCUT2D eigenvalue weighted by atomic mass is 79.9. The SMILES string of the molecule is Cc1ccc(OCCN2C(=O)N[C@](C)(c3cccc(Br)c3)C2=O)cc1. The van der Waals surface area contributed by atoms with Crippen molar-refractivity contribution in [3.63, 3.8) is 0 Å². The van der Waals surface area contributed by atoms with E-state index in [4.69, 9.17) is 4.74 Å². The minimum atomic E-state index is -1.06. The number of halogens is 1. The van der Waals surface area contributed by atoms with Gasteiger partial charge in [0.15, 0.2) is 0 Å². The average molecular weight is 403 g/mol. The van der Waals surface area contributed by atoms with E-state index in [-0.39, 0.29) is 19.1 Å². The highest BCUT2D eigenvalue weighted by molar-refractivity contribution is 9.10. The number of nitrogens with one attached hydrogen (secondary N) is 1. The highest BCUT2D eigenvalue weighted by Crippen LogP contribution is 2.30. The number of imide groups is 1. The molecule has 130 valence electrons. The van der Waals surface area contributed by atoms with Crippen LogP contribution in [0.4, 0.5) is 4.79 Å². The van der Waals surface area contributed by atoms with Gasteiger partial charge in [0.05, 0.1) is 6.54 Å². The van der Waals surface area contributed by atoms with Gasteiger partial charge >= 0.3 is 6.03 Å². The van der Waals surface area contributed by atoms with E-state index >= 15 is 0 Å². The van der Waals surface area contributed by atoms with Gasteiger partial charge in [0.2, 0.25) is 0 Å². The number of ether oxygens (including phenoxy) is 1. The van der Waals surface area contributed by atoms with E-state index in [1.807, 2.05) is 55.5 Å². The Labute approximate surface area is 155 Å². The number of rotatable bonds is 5. The molecule has 1 aliphatic heterocycles. The molecule has 1 N–H and O–H groups in total. The molecule has 2 aromatic carbocycles. The van der Waals surface area contributed by atoms with Gasteiger partial charge < -0.3 is 10.1 Å². The Bertz CT molecular complexity index is 807. The van der Waals surface area contributed by atoms with E-state index in [0.717, 1.165) is 15.6 Å². The molecule has 0 unspecified atom stereocenters. The maximum atomic E-state index is 12.8. The lowest BCUT2D eigenvalue weighted by Gasteiger charge is -2.22. The van der Waals surface area contributed by atoms with Crippen LogP contribution in [0.2, 0.25) is 0 Å². The third kappa shape index (κ3) is 3.54. The molecule has 3 rings (SSSR count). The molecule has 1 atom stereocenters. The molecule has 3 amide bonds. The van der Waals surface area contributed by atoms with Gasteiger partial charge in [-0.15, -0.1) is 0 Å². The number of hydrogen-bond acceptors (Lipinski definition) is 3. The topological polar surface area (TPSA) is 58.6 Å². The van der Waals surface area contributed by atoms with E-state index in [1.165, 1.54) is 4.90 Å². The van der Waals surface area contributed by atoms with E-state index in [2.05, 4.69) is 21.2 Å². The van der Waals surface area contributed by atoms with Crippen LogP contribution in [0.1, 0.15) is 18.1 Å². The molecule has 0 saturated carbocycles. The van der Waals surface area contributed by atoms with Gasteiger partial charge in [0.1, 0.15) is 17.9 Å². The van der Waals surface area contributed by atoms with Crippen LogP contribution in [0.5, 0.6) is 5.75 Å². The fraction of sp³-hybridized carbons (Fsp3) is 0.263. The molecule has 25 heavy (non-hydrogen) atoms. The Morgan fingerprint density at radius 1 is 1.16 bits per heavy atom. The van der Waals surface area contributed by atoms with Crippen molar-refractivity contribution >= 4 is 27.9 Å². The third-order valence-corrected chi connectivity index (χ3v) is 4.77. The van der Waals surface area contributed by atoms with Crippen LogP contribution in [0.25, 0.3) is 0 Å². The fourth-order valence-corrected chi connectivity index (χ4v) is 3.18. The summed E-state index contributed by atoms with van der Waals surface area (Å²) < 4.78 is 6.49. The maximum Gasteiger partial charge on any atom is 0.325 e. The van der Waals surface area contributed by atoms with Gasteiger partial charge in [0, 0.05) is 4.47 Å². The number of amides is 3. The Morgan fingerprint density at radius 2 is 1.88 bits per heavy atom. The number of hydrogen-bond donors (Lipinski definition) is 1. The second-order valence-electron chi connectivity index (χ2n) is 6.18. The van der Waals surface area contributed by atoms with Crippen molar-refractivity contribution in [2.45, 2.75) is 19.4 Å². The summed E-state index contributed by atoms with van der Waals surface area (Å²) in [6.45, 7) is 4.16. The number of carbonyl (C=O) groups excluding carboxylic acids is 2. The summed E-state index contributed by atoms with van der Waals surface area (Å²) in [5, 5.41) is 2.79. The maximum absolute atomic E-state index is 12.8. The van der Waals surface area contributed by atoms with Crippen LogP contribution in [-0.4, -0.2) is 30.0 Å². The normalized spacial score (nSPS) is 19.9. The molecular weight excluding hydrogens is 384 g/mol. The van der Waals surface area contributed by atoms with Crippen LogP contribution < -0.4 is 10.1 Å². The summed E-state index contributed by atoms with van der Waals surface area (Å²) in [5.74, 6) is 0.440. The van der Waals surface area contributed by atoms with Gasteiger partial charge in [-0.2, -0.15) is 0 Å². The standard InChI is InChI=1S/C19H19BrN2O3/c1-13-6-8-16(9-7-13)25-11-10-22-17(23)19(2,21-18(22)24)14-4-3-5-15(20)12-14/h3-9,12H,10-11H2,1-2H3,(H,21,24)/t19-/m1/s1. The molecule has 0 aromatic heterocycles. The van der Waals surface area contributed by atoms with Crippen molar-refractivity contribution in [2.24, 2.45) is 0 Å². The van der Waals surface area contributed by atoms with Crippen LogP contribution in [0.3, 0.4) is 0 Å². The molecule has 0 spiro atoms. The first kappa shape index (κ1) is 17.5. The zero-order valence-electron chi connectivity index (χ0n) is 14.1. The Morgan fingerprint density at radius 3 is 2.56 bits per heavy atom. The zero-order chi connectivity index (χ0) is 18.0. The monoisotopic (exact) mass is 402 g/mol. The van der Waals surface area contributed by atoms with Crippen LogP contribution >= 0.6 is 15.9 Å². The van der Waals surface area contributed by atoms with Gasteiger partial charge in [0.25, 0.3) is 5.91 Å². The van der Waals surface area contributed by atoms with Crippen LogP contribution in [0.15, 0.2) is 53.0 Å². The summed E-state index contributed by atoms with van der Waals surface area (Å²) in [4.78, 5) is 26.3. The number of urea groups is 1. The zero-order valence-corrected chi connectivity index (χ0v) is 15.7. The first-order valence-corrected chi connectivity index (χ1v) is 8.79. The lowest BCUT2D eigenvalue weighted by molar-refractivity contribution is -0.131. The molecule has 1 fully saturated rings. The molecule has 5 nitrogen and oxygen atoms in total. The van der Waals surface area contributed by atoms with Gasteiger partial charge in [-0.25, -0.2) is 4.79 Å². The second kappa shape index (κ2) is 6.88. The summed E-state index contributed by atoms with van der Waals surface area (Å²) in [7, 11) is 0. The molecule has 6 heteroatoms. The third-order valence-electron chi connectivity index (χ3n) is 4.28. The van der Waals surface area contributed by atoms with Crippen molar-refractivity contribution in [1.29, 1.82) is 0 Å². The lowest BCUT2D eigenvalue weighted by atomic mass is 9.92. The van der Waals surface area contributed by atoms with Gasteiger partial charge in [-0.05, 0) is 43.7 Å². The minimum absolute atomic E-state index is 0.197. The molecule has 0 radical (unpaired) electrons. The molecule has 1 heterocycles. The molecular formula is C19H19BrN2O3. The summed E-state index contributed by atoms with van der Waals surface area (Å²) in [6, 6.07) is 14.6. The van der Waals surface area contributed by atoms with Crippen molar-refractivity contribution in [3.8, 4) is 5.75 Å². The summed E-state index contributed by atoms with van der Waals surface area (Å²) in [5.41, 5.74) is 0.818. The van der Waals surface area contributed by atoms with Gasteiger partial charge in [-0.3, -0.25) is 9.69 Å². The predicted molar refractivity (Wildman–Crippen MR) is 98.4 cm³/mol. The Kier molecular flexibility index (Phi) is 4.81. The van der Waals surface area contributed by atoms with E-state index in [1.54, 1.807) is 6.92 Å². The quantitative estimate of drug-likeness (QED) is 0.777. The van der Waals surface area contributed by atoms with Crippen LogP contribution in [-0.2, 0) is 10.3 Å². The first-order chi connectivity index (χ1) is 11.9. The number of carbonyl (C=O) groups is 2. The fourth-order valence-electron chi connectivity index (χ4n) is 2.78. The lowest BCUT2D eigenvalue weighted by Crippen LogP contribution is -2.41. The molecule has 0 aliphatic carbocycles. The average Bonchev–Trinajstić information content (AvgIpc) is 2.81. The highest BCUT2D eigenvalue weighted by Gasteiger charge is 2.48. The van der Waals surface area contributed by atoms with E-state index in [0.29, 0.717) is 5.75 Å². The number of benzene rings is 2. The summed E-state index contributed by atoms with van der Waals surface area (Å²) in [6.07, 6.45) is 0. The molecule has 0 bridgehead atoms. The van der Waals surface area contributed by atoms with E-state index in [9.17, 15) is 9.59 Å². The van der Waals surface area contributed by atoms with Crippen LogP contribution in [0, 0.1) is 6.92 Å². The molecule has 1 aliphatic rings. The number of nitrogens with zero attached hydrogens (tertiary/aromatic N) is 1. The van der Waals surface area contributed by atoms with Crippen molar-refractivity contribution in [3.05, 3.63) is 64.1 Å². The molecule has 1 saturated heterocycles. The first-order valence-electron chi connectivity index (χ1n) is 8.00. The van der Waals surface area contributed by atoms with Crippen molar-refractivity contribution < 1.29 is 14.3 Å². The summed E-state index contributed by atoms with van der Waals surface area (Å²) >= 11 is 3.40. The second-order valence-corrected chi connectivity index (χ2v) is 7.10. The smallest absolute Gasteiger partial charge is 0.325 e. The van der Waals surface area contributed by atoms with Crippen molar-refractivity contribution in [2.75, 3.05) is 13.2 Å². The van der Waals surface area contributed by atoms with E-state index < -0.39 is 11.6 Å². The Balaban J connectivity index is 1.68. The van der Waals surface area contributed by atoms with Crippen molar-refractivity contribution in [1.82, 2.24) is 10.2 Å². The van der Waals surface area contributed by atoms with Gasteiger partial charge in [-0.1, -0.05) is 45.8 Å².